The molecule has 0 saturated heterocycles. The second kappa shape index (κ2) is 5.14. The molecule has 1 aromatic heterocycles. The van der Waals surface area contributed by atoms with Gasteiger partial charge in [-0.15, -0.1) is 0 Å². The van der Waals surface area contributed by atoms with Crippen LogP contribution in [-0.2, 0) is 4.79 Å². The first-order valence-corrected chi connectivity index (χ1v) is 4.70. The van der Waals surface area contributed by atoms with Crippen LogP contribution in [0.5, 0.6) is 0 Å². The summed E-state index contributed by atoms with van der Waals surface area (Å²) in [4.78, 5) is 20.7. The lowest BCUT2D eigenvalue weighted by molar-refractivity contribution is -0.127. The number of nitrogens with one attached hydrogen (secondary N) is 1. The number of anilines is 2. The first-order valence-electron chi connectivity index (χ1n) is 4.70. The van der Waals surface area contributed by atoms with Gasteiger partial charge in [0.1, 0.15) is 5.82 Å². The molecule has 82 valence electrons. The number of rotatable bonds is 4. The van der Waals surface area contributed by atoms with Gasteiger partial charge in [-0.2, -0.15) is 4.98 Å². The Balaban J connectivity index is 2.47. The SMILES string of the molecule is CCN(C)C(=O)CNc1ccnc(N)n1. The Morgan fingerprint density at radius 2 is 2.40 bits per heavy atom. The number of nitrogens with zero attached hydrogens (tertiary/aromatic N) is 3. The van der Waals surface area contributed by atoms with Crippen molar-refractivity contribution in [3.63, 3.8) is 0 Å². The molecule has 0 aliphatic heterocycles. The summed E-state index contributed by atoms with van der Waals surface area (Å²) in [5.74, 6) is 0.756. The fourth-order valence-corrected chi connectivity index (χ4v) is 0.950. The van der Waals surface area contributed by atoms with Gasteiger partial charge < -0.3 is 16.0 Å². The molecule has 6 heteroatoms. The van der Waals surface area contributed by atoms with Gasteiger partial charge >= 0.3 is 0 Å². The van der Waals surface area contributed by atoms with E-state index in [1.54, 1.807) is 24.2 Å². The van der Waals surface area contributed by atoms with Crippen LogP contribution in [0, 0.1) is 0 Å². The normalized spacial score (nSPS) is 9.73. The van der Waals surface area contributed by atoms with E-state index in [4.69, 9.17) is 5.73 Å². The first-order chi connectivity index (χ1) is 7.13. The van der Waals surface area contributed by atoms with E-state index in [2.05, 4.69) is 15.3 Å². The van der Waals surface area contributed by atoms with Crippen LogP contribution in [0.25, 0.3) is 0 Å². The predicted molar refractivity (Wildman–Crippen MR) is 58.2 cm³/mol. The van der Waals surface area contributed by atoms with Gasteiger partial charge in [0.05, 0.1) is 6.54 Å². The zero-order valence-corrected chi connectivity index (χ0v) is 8.90. The van der Waals surface area contributed by atoms with Crippen molar-refractivity contribution in [3.8, 4) is 0 Å². The van der Waals surface area contributed by atoms with Crippen molar-refractivity contribution in [1.29, 1.82) is 0 Å². The Kier molecular flexibility index (Phi) is 3.84. The molecule has 1 heterocycles. The Morgan fingerprint density at radius 3 is 3.00 bits per heavy atom. The Hall–Kier alpha value is -1.85. The van der Waals surface area contributed by atoms with Crippen LogP contribution in [0.2, 0.25) is 0 Å². The van der Waals surface area contributed by atoms with Crippen LogP contribution in [0.4, 0.5) is 11.8 Å². The zero-order valence-electron chi connectivity index (χ0n) is 8.90. The molecule has 0 saturated carbocycles. The quantitative estimate of drug-likeness (QED) is 0.726. The fourth-order valence-electron chi connectivity index (χ4n) is 0.950. The molecule has 0 spiro atoms. The monoisotopic (exact) mass is 209 g/mol. The summed E-state index contributed by atoms with van der Waals surface area (Å²) >= 11 is 0. The predicted octanol–water partition coefficient (Wildman–Crippen LogP) is -0.0510. The zero-order chi connectivity index (χ0) is 11.3. The van der Waals surface area contributed by atoms with E-state index in [1.807, 2.05) is 6.92 Å². The number of hydrogen-bond acceptors (Lipinski definition) is 5. The highest BCUT2D eigenvalue weighted by Gasteiger charge is 2.05. The smallest absolute Gasteiger partial charge is 0.241 e. The molecule has 1 aromatic rings. The van der Waals surface area contributed by atoms with Gasteiger partial charge in [-0.1, -0.05) is 0 Å². The number of carbonyl (C=O) groups excluding carboxylic acids is 1. The van der Waals surface area contributed by atoms with Crippen molar-refractivity contribution in [1.82, 2.24) is 14.9 Å². The van der Waals surface area contributed by atoms with Crippen molar-refractivity contribution in [2.75, 3.05) is 31.2 Å². The second-order valence-corrected chi connectivity index (χ2v) is 3.06. The minimum atomic E-state index is 0.00897. The molecule has 6 nitrogen and oxygen atoms in total. The average molecular weight is 209 g/mol. The maximum Gasteiger partial charge on any atom is 0.241 e. The van der Waals surface area contributed by atoms with Gasteiger partial charge in [0, 0.05) is 19.8 Å². The number of nitrogens with two attached hydrogens (primary N) is 1. The molecular formula is C9H15N5O. The van der Waals surface area contributed by atoms with E-state index < -0.39 is 0 Å². The van der Waals surface area contributed by atoms with Crippen molar-refractivity contribution >= 4 is 17.7 Å². The van der Waals surface area contributed by atoms with E-state index in [0.717, 1.165) is 0 Å². The molecule has 0 aliphatic carbocycles. The molecule has 15 heavy (non-hydrogen) atoms. The highest BCUT2D eigenvalue weighted by Crippen LogP contribution is 2.01. The number of amides is 1. The summed E-state index contributed by atoms with van der Waals surface area (Å²) < 4.78 is 0. The third-order valence-electron chi connectivity index (χ3n) is 2.00. The van der Waals surface area contributed by atoms with E-state index >= 15 is 0 Å². The van der Waals surface area contributed by atoms with E-state index in [0.29, 0.717) is 12.4 Å². The van der Waals surface area contributed by atoms with Gasteiger partial charge in [0.2, 0.25) is 11.9 Å². The molecule has 0 bridgehead atoms. The van der Waals surface area contributed by atoms with Crippen molar-refractivity contribution < 1.29 is 4.79 Å². The van der Waals surface area contributed by atoms with Crippen LogP contribution in [-0.4, -0.2) is 40.9 Å². The number of carbonyl (C=O) groups is 1. The molecule has 0 atom stereocenters. The highest BCUT2D eigenvalue weighted by molar-refractivity contribution is 5.80. The summed E-state index contributed by atoms with van der Waals surface area (Å²) in [7, 11) is 1.75. The molecule has 0 aromatic carbocycles. The fraction of sp³-hybridized carbons (Fsp3) is 0.444. The molecule has 1 rings (SSSR count). The molecule has 3 N–H and O–H groups in total. The summed E-state index contributed by atoms with van der Waals surface area (Å²) in [6.45, 7) is 2.81. The second-order valence-electron chi connectivity index (χ2n) is 3.06. The maximum absolute atomic E-state index is 11.4. The van der Waals surface area contributed by atoms with Crippen LogP contribution in [0.3, 0.4) is 0 Å². The minimum absolute atomic E-state index is 0.00897. The number of nitrogen functional groups attached to an aromatic ring is 1. The molecule has 0 unspecified atom stereocenters. The third kappa shape index (κ3) is 3.41. The molecule has 0 radical (unpaired) electrons. The van der Waals surface area contributed by atoms with Crippen molar-refractivity contribution in [3.05, 3.63) is 12.3 Å². The van der Waals surface area contributed by atoms with Gasteiger partial charge in [0.25, 0.3) is 0 Å². The van der Waals surface area contributed by atoms with Crippen LogP contribution >= 0.6 is 0 Å². The van der Waals surface area contributed by atoms with Gasteiger partial charge in [-0.3, -0.25) is 4.79 Å². The molecular weight excluding hydrogens is 194 g/mol. The summed E-state index contributed by atoms with van der Waals surface area (Å²) in [6, 6.07) is 1.66. The molecule has 0 fully saturated rings. The highest BCUT2D eigenvalue weighted by atomic mass is 16.2. The number of likely N-dealkylation sites (N-methyl/N-ethyl adjacent to an activating group) is 1. The van der Waals surface area contributed by atoms with Crippen LogP contribution < -0.4 is 11.1 Å². The van der Waals surface area contributed by atoms with Gasteiger partial charge in [0.15, 0.2) is 0 Å². The van der Waals surface area contributed by atoms with Gasteiger partial charge in [-0.25, -0.2) is 4.98 Å². The summed E-state index contributed by atoms with van der Waals surface area (Å²) in [6.07, 6.45) is 1.54. The van der Waals surface area contributed by atoms with Gasteiger partial charge in [-0.05, 0) is 13.0 Å². The summed E-state index contributed by atoms with van der Waals surface area (Å²) in [5.41, 5.74) is 5.39. The van der Waals surface area contributed by atoms with Crippen LogP contribution in [0.1, 0.15) is 6.92 Å². The largest absolute Gasteiger partial charge is 0.368 e. The number of hydrogen-bond donors (Lipinski definition) is 2. The lowest BCUT2D eigenvalue weighted by Crippen LogP contribution is -2.32. The molecule has 0 aliphatic rings. The van der Waals surface area contributed by atoms with E-state index in [1.165, 1.54) is 0 Å². The van der Waals surface area contributed by atoms with Crippen LogP contribution in [0.15, 0.2) is 12.3 Å². The van der Waals surface area contributed by atoms with Crippen molar-refractivity contribution in [2.45, 2.75) is 6.92 Å². The Bertz CT molecular complexity index is 341. The number of aromatic nitrogens is 2. The standard InChI is InChI=1S/C9H15N5O/c1-3-14(2)8(15)6-12-7-4-5-11-9(10)13-7/h4-5H,3,6H2,1-2H3,(H3,10,11,12,13). The maximum atomic E-state index is 11.4. The summed E-state index contributed by atoms with van der Waals surface area (Å²) in [5, 5.41) is 2.88. The molecule has 1 amide bonds. The average Bonchev–Trinajstić information content (AvgIpc) is 2.25. The van der Waals surface area contributed by atoms with Crippen molar-refractivity contribution in [2.24, 2.45) is 0 Å². The minimum Gasteiger partial charge on any atom is -0.368 e. The van der Waals surface area contributed by atoms with E-state index in [9.17, 15) is 4.79 Å². The van der Waals surface area contributed by atoms with E-state index in [-0.39, 0.29) is 18.4 Å². The first kappa shape index (κ1) is 11.2. The lowest BCUT2D eigenvalue weighted by atomic mass is 10.4. The lowest BCUT2D eigenvalue weighted by Gasteiger charge is -2.14. The third-order valence-corrected chi connectivity index (χ3v) is 2.00. The Morgan fingerprint density at radius 1 is 1.67 bits per heavy atom. The topological polar surface area (TPSA) is 84.1 Å². The Labute approximate surface area is 88.5 Å².